The molecule has 0 radical (unpaired) electrons. The Morgan fingerprint density at radius 2 is 2.13 bits per heavy atom. The summed E-state index contributed by atoms with van der Waals surface area (Å²) < 4.78 is 7.00. The molecule has 9 heteroatoms. The number of rotatable bonds is 6. The van der Waals surface area contributed by atoms with Crippen molar-refractivity contribution < 1.29 is 9.53 Å². The SMILES string of the molecule is CCn1c(SCC(=O)Nc2cc(C)c(Cl)cc2OC)nc2sc3c(c2c1=O)CCCC3. The molecule has 3 aromatic rings. The van der Waals surface area contributed by atoms with Crippen molar-refractivity contribution in [3.8, 4) is 5.75 Å². The molecule has 0 atom stereocenters. The van der Waals surface area contributed by atoms with Crippen LogP contribution in [0.4, 0.5) is 5.69 Å². The van der Waals surface area contributed by atoms with E-state index in [9.17, 15) is 9.59 Å². The summed E-state index contributed by atoms with van der Waals surface area (Å²) in [6.45, 7) is 4.31. The lowest BCUT2D eigenvalue weighted by molar-refractivity contribution is -0.113. The van der Waals surface area contributed by atoms with Gasteiger partial charge < -0.3 is 10.1 Å². The number of nitrogens with zero attached hydrogens (tertiary/aromatic N) is 2. The molecular weight excluding hydrogens is 454 g/mol. The number of thioether (sulfide) groups is 1. The van der Waals surface area contributed by atoms with Gasteiger partial charge in [0, 0.05) is 22.5 Å². The second-order valence-corrected chi connectivity index (χ2v) is 9.91. The summed E-state index contributed by atoms with van der Waals surface area (Å²) in [4.78, 5) is 32.7. The van der Waals surface area contributed by atoms with Gasteiger partial charge in [0.25, 0.3) is 5.56 Å². The van der Waals surface area contributed by atoms with Crippen LogP contribution in [0.25, 0.3) is 10.2 Å². The van der Waals surface area contributed by atoms with E-state index in [0.717, 1.165) is 41.5 Å². The Morgan fingerprint density at radius 1 is 1.35 bits per heavy atom. The standard InChI is InChI=1S/C22H24ClN3O3S2/c1-4-26-21(28)19-13-7-5-6-8-17(13)31-20(19)25-22(26)30-11-18(27)24-15-9-12(2)14(23)10-16(15)29-3/h9-10H,4-8,11H2,1-3H3,(H,24,27). The van der Waals surface area contributed by atoms with Crippen LogP contribution < -0.4 is 15.6 Å². The Bertz CT molecular complexity index is 1220. The van der Waals surface area contributed by atoms with Gasteiger partial charge in [-0.3, -0.25) is 14.2 Å². The molecule has 0 saturated carbocycles. The number of thiophene rings is 1. The highest BCUT2D eigenvalue weighted by Crippen LogP contribution is 2.35. The number of methoxy groups -OCH3 is 1. The molecule has 0 saturated heterocycles. The summed E-state index contributed by atoms with van der Waals surface area (Å²) in [5.74, 6) is 0.434. The van der Waals surface area contributed by atoms with E-state index in [0.29, 0.717) is 28.2 Å². The molecule has 0 unspecified atom stereocenters. The predicted octanol–water partition coefficient (Wildman–Crippen LogP) is 5.06. The maximum absolute atomic E-state index is 13.2. The van der Waals surface area contributed by atoms with Gasteiger partial charge >= 0.3 is 0 Å². The number of hydrogen-bond acceptors (Lipinski definition) is 6. The third kappa shape index (κ3) is 4.33. The Balaban J connectivity index is 1.57. The van der Waals surface area contributed by atoms with Crippen LogP contribution in [0.2, 0.25) is 5.02 Å². The summed E-state index contributed by atoms with van der Waals surface area (Å²) in [7, 11) is 1.53. The fourth-order valence-electron chi connectivity index (χ4n) is 3.86. The Kier molecular flexibility index (Phi) is 6.60. The van der Waals surface area contributed by atoms with Crippen LogP contribution >= 0.6 is 34.7 Å². The van der Waals surface area contributed by atoms with Gasteiger partial charge in [-0.1, -0.05) is 23.4 Å². The Morgan fingerprint density at radius 3 is 2.87 bits per heavy atom. The van der Waals surface area contributed by atoms with Crippen LogP contribution in [0.1, 0.15) is 35.8 Å². The van der Waals surface area contributed by atoms with Crippen molar-refractivity contribution in [1.29, 1.82) is 0 Å². The van der Waals surface area contributed by atoms with Crippen LogP contribution in [0.5, 0.6) is 5.75 Å². The summed E-state index contributed by atoms with van der Waals surface area (Å²) in [6, 6.07) is 3.47. The minimum Gasteiger partial charge on any atom is -0.495 e. The number of nitrogens with one attached hydrogen (secondary N) is 1. The van der Waals surface area contributed by atoms with Gasteiger partial charge in [0.15, 0.2) is 5.16 Å². The zero-order valence-electron chi connectivity index (χ0n) is 17.7. The summed E-state index contributed by atoms with van der Waals surface area (Å²) in [6.07, 6.45) is 4.26. The molecule has 2 aromatic heterocycles. The van der Waals surface area contributed by atoms with Gasteiger partial charge in [-0.05, 0) is 56.7 Å². The van der Waals surface area contributed by atoms with Crippen LogP contribution in [0.3, 0.4) is 0 Å². The van der Waals surface area contributed by atoms with Crippen molar-refractivity contribution in [2.24, 2.45) is 0 Å². The third-order valence-electron chi connectivity index (χ3n) is 5.44. The number of carbonyl (C=O) groups is 1. The lowest BCUT2D eigenvalue weighted by Crippen LogP contribution is -2.24. The van der Waals surface area contributed by atoms with Gasteiger partial charge in [-0.25, -0.2) is 4.98 Å². The molecule has 0 aliphatic heterocycles. The molecule has 0 fully saturated rings. The maximum Gasteiger partial charge on any atom is 0.263 e. The first-order chi connectivity index (χ1) is 14.9. The first-order valence-electron chi connectivity index (χ1n) is 10.2. The highest BCUT2D eigenvalue weighted by atomic mass is 35.5. The lowest BCUT2D eigenvalue weighted by Gasteiger charge is -2.13. The number of halogens is 1. The number of aromatic nitrogens is 2. The van der Waals surface area contributed by atoms with Crippen molar-refractivity contribution in [2.75, 3.05) is 18.2 Å². The third-order valence-corrected chi connectivity index (χ3v) is 8.01. The molecule has 31 heavy (non-hydrogen) atoms. The number of carbonyl (C=O) groups excluding carboxylic acids is 1. The number of benzene rings is 1. The molecule has 1 aliphatic carbocycles. The van der Waals surface area contributed by atoms with Gasteiger partial charge in [0.1, 0.15) is 10.6 Å². The average Bonchev–Trinajstić information content (AvgIpc) is 3.13. The second kappa shape index (κ2) is 9.22. The molecule has 0 bridgehead atoms. The molecule has 1 N–H and O–H groups in total. The van der Waals surface area contributed by atoms with Crippen molar-refractivity contribution in [3.05, 3.63) is 43.5 Å². The summed E-state index contributed by atoms with van der Waals surface area (Å²) >= 11 is 9.04. The van der Waals surface area contributed by atoms with Crippen molar-refractivity contribution >= 4 is 56.5 Å². The minimum absolute atomic E-state index is 0.00445. The zero-order chi connectivity index (χ0) is 22.1. The fraction of sp³-hybridized carbons (Fsp3) is 0.409. The number of fused-ring (bicyclic) bond motifs is 3. The summed E-state index contributed by atoms with van der Waals surface area (Å²) in [5.41, 5.74) is 2.60. The van der Waals surface area contributed by atoms with Crippen LogP contribution in [0.15, 0.2) is 22.1 Å². The van der Waals surface area contributed by atoms with Gasteiger partial charge in [0.05, 0.1) is 23.9 Å². The van der Waals surface area contributed by atoms with Gasteiger partial charge in [0.2, 0.25) is 5.91 Å². The highest BCUT2D eigenvalue weighted by molar-refractivity contribution is 7.99. The van der Waals surface area contributed by atoms with E-state index in [1.807, 2.05) is 13.8 Å². The van der Waals surface area contributed by atoms with E-state index < -0.39 is 0 Å². The summed E-state index contributed by atoms with van der Waals surface area (Å²) in [5, 5.41) is 4.80. The normalized spacial score (nSPS) is 13.3. The van der Waals surface area contributed by atoms with E-state index in [1.54, 1.807) is 28.0 Å². The molecule has 1 aromatic carbocycles. The van der Waals surface area contributed by atoms with Crippen LogP contribution in [-0.4, -0.2) is 28.3 Å². The molecule has 164 valence electrons. The largest absolute Gasteiger partial charge is 0.495 e. The topological polar surface area (TPSA) is 73.2 Å². The van der Waals surface area contributed by atoms with Crippen molar-refractivity contribution in [3.63, 3.8) is 0 Å². The Labute approximate surface area is 194 Å². The maximum atomic E-state index is 13.2. The van der Waals surface area contributed by atoms with Crippen molar-refractivity contribution in [1.82, 2.24) is 9.55 Å². The average molecular weight is 478 g/mol. The molecular formula is C22H24ClN3O3S2. The van der Waals surface area contributed by atoms with E-state index >= 15 is 0 Å². The smallest absolute Gasteiger partial charge is 0.263 e. The lowest BCUT2D eigenvalue weighted by atomic mass is 9.97. The molecule has 1 aliphatic rings. The highest BCUT2D eigenvalue weighted by Gasteiger charge is 2.22. The fourth-order valence-corrected chi connectivity index (χ4v) is 6.17. The molecule has 4 rings (SSSR count). The molecule has 6 nitrogen and oxygen atoms in total. The van der Waals surface area contributed by atoms with E-state index in [-0.39, 0.29) is 17.2 Å². The number of aryl methyl sites for hydroxylation is 3. The predicted molar refractivity (Wildman–Crippen MR) is 128 cm³/mol. The Hall–Kier alpha value is -2.03. The monoisotopic (exact) mass is 477 g/mol. The number of hydrogen-bond donors (Lipinski definition) is 1. The van der Waals surface area contributed by atoms with Crippen LogP contribution in [-0.2, 0) is 24.2 Å². The van der Waals surface area contributed by atoms with Gasteiger partial charge in [-0.15, -0.1) is 11.3 Å². The zero-order valence-corrected chi connectivity index (χ0v) is 20.1. The van der Waals surface area contributed by atoms with E-state index in [1.165, 1.54) is 29.3 Å². The first kappa shape index (κ1) is 22.2. The number of anilines is 1. The van der Waals surface area contributed by atoms with Gasteiger partial charge in [-0.2, -0.15) is 0 Å². The van der Waals surface area contributed by atoms with Crippen LogP contribution in [0, 0.1) is 6.92 Å². The molecule has 1 amide bonds. The van der Waals surface area contributed by atoms with Crippen molar-refractivity contribution in [2.45, 2.75) is 51.2 Å². The second-order valence-electron chi connectivity index (χ2n) is 7.47. The van der Waals surface area contributed by atoms with E-state index in [2.05, 4.69) is 5.32 Å². The van der Waals surface area contributed by atoms with E-state index in [4.69, 9.17) is 21.3 Å². The first-order valence-corrected chi connectivity index (χ1v) is 12.4. The quantitative estimate of drug-likeness (QED) is 0.397. The number of ether oxygens (including phenoxy) is 1. The molecule has 2 heterocycles. The molecule has 0 spiro atoms. The minimum atomic E-state index is -0.201. The number of amides is 1.